The Morgan fingerprint density at radius 2 is 1.75 bits per heavy atom. The van der Waals surface area contributed by atoms with E-state index in [0.29, 0.717) is 11.1 Å². The summed E-state index contributed by atoms with van der Waals surface area (Å²) in [6.07, 6.45) is 0. The molecule has 6 heteroatoms. The van der Waals surface area contributed by atoms with Crippen molar-refractivity contribution in [1.29, 1.82) is 0 Å². The molecule has 2 N–H and O–H groups in total. The Balaban J connectivity index is 0.00000128. The second-order valence-corrected chi connectivity index (χ2v) is 4.57. The molecule has 0 heterocycles. The van der Waals surface area contributed by atoms with Gasteiger partial charge >= 0.3 is 29.6 Å². The van der Waals surface area contributed by atoms with E-state index in [-0.39, 0.29) is 34.5 Å². The van der Waals surface area contributed by atoms with Gasteiger partial charge in [-0.1, -0.05) is 24.3 Å². The quantitative estimate of drug-likeness (QED) is 0.370. The summed E-state index contributed by atoms with van der Waals surface area (Å²) in [7, 11) is -4.45. The van der Waals surface area contributed by atoms with Crippen LogP contribution >= 0.6 is 0 Å². The van der Waals surface area contributed by atoms with Crippen molar-refractivity contribution in [3.8, 4) is 0 Å². The molecule has 0 aromatic heterocycles. The molecule has 0 aliphatic carbocycles. The van der Waals surface area contributed by atoms with Gasteiger partial charge in [0, 0.05) is 11.1 Å². The number of fused-ring (bicyclic) bond motifs is 1. The van der Waals surface area contributed by atoms with E-state index >= 15 is 0 Å². The van der Waals surface area contributed by atoms with Gasteiger partial charge in [-0.2, -0.15) is 0 Å². The number of nitrogen functional groups attached to an aromatic ring is 1. The van der Waals surface area contributed by atoms with E-state index in [1.165, 1.54) is 12.1 Å². The molecule has 0 radical (unpaired) electrons. The predicted octanol–water partition coefficient (Wildman–Crippen LogP) is -1.67. The van der Waals surface area contributed by atoms with Crippen molar-refractivity contribution in [3.05, 3.63) is 36.4 Å². The number of benzene rings is 2. The Labute approximate surface area is 115 Å². The van der Waals surface area contributed by atoms with Crippen molar-refractivity contribution < 1.29 is 42.5 Å². The van der Waals surface area contributed by atoms with Crippen molar-refractivity contribution in [2.75, 3.05) is 5.73 Å². The molecule has 0 atom stereocenters. The van der Waals surface area contributed by atoms with Crippen LogP contribution in [0.1, 0.15) is 0 Å². The Morgan fingerprint density at radius 3 is 2.38 bits per heavy atom. The van der Waals surface area contributed by atoms with Crippen LogP contribution in [0.15, 0.2) is 41.3 Å². The molecule has 0 fully saturated rings. The number of anilines is 1. The average Bonchev–Trinajstić information content (AvgIpc) is 2.16. The fraction of sp³-hybridized carbons (Fsp3) is 0. The van der Waals surface area contributed by atoms with Crippen LogP contribution in [-0.4, -0.2) is 13.0 Å². The zero-order valence-electron chi connectivity index (χ0n) is 8.67. The molecule has 0 aliphatic heterocycles. The van der Waals surface area contributed by atoms with Crippen LogP contribution < -0.4 is 35.3 Å². The number of hydrogen-bond donors (Lipinski definition) is 1. The predicted molar refractivity (Wildman–Crippen MR) is 56.3 cm³/mol. The van der Waals surface area contributed by atoms with Crippen LogP contribution in [-0.2, 0) is 10.1 Å². The van der Waals surface area contributed by atoms with E-state index in [0.717, 1.165) is 5.39 Å². The fourth-order valence-electron chi connectivity index (χ4n) is 1.46. The molecule has 0 saturated carbocycles. The molecule has 0 spiro atoms. The first-order valence-corrected chi connectivity index (χ1v) is 5.63. The van der Waals surface area contributed by atoms with Gasteiger partial charge in [0.2, 0.25) is 0 Å². The van der Waals surface area contributed by atoms with Gasteiger partial charge in [0.1, 0.15) is 10.1 Å². The minimum Gasteiger partial charge on any atom is -0.744 e. The Bertz CT molecular complexity index is 625. The zero-order chi connectivity index (χ0) is 11.1. The van der Waals surface area contributed by atoms with E-state index in [9.17, 15) is 13.0 Å². The van der Waals surface area contributed by atoms with Gasteiger partial charge in [0.05, 0.1) is 4.90 Å². The average molecular weight is 245 g/mol. The van der Waals surface area contributed by atoms with Gasteiger partial charge in [-0.15, -0.1) is 0 Å². The molecule has 2 rings (SSSR count). The summed E-state index contributed by atoms with van der Waals surface area (Å²) in [5.74, 6) is 0. The van der Waals surface area contributed by atoms with Crippen LogP contribution in [0, 0.1) is 0 Å². The third kappa shape index (κ3) is 2.56. The normalized spacial score (nSPS) is 11.1. The largest absolute Gasteiger partial charge is 1.00 e. The van der Waals surface area contributed by atoms with Gasteiger partial charge in [-0.05, 0) is 17.5 Å². The molecule has 0 aliphatic rings. The third-order valence-electron chi connectivity index (χ3n) is 2.16. The molecule has 16 heavy (non-hydrogen) atoms. The van der Waals surface area contributed by atoms with Crippen molar-refractivity contribution in [3.63, 3.8) is 0 Å². The minimum atomic E-state index is -4.45. The third-order valence-corrected chi connectivity index (χ3v) is 2.97. The van der Waals surface area contributed by atoms with Crippen LogP contribution in [0.3, 0.4) is 0 Å². The second-order valence-electron chi connectivity index (χ2n) is 3.19. The maximum atomic E-state index is 10.8. The summed E-state index contributed by atoms with van der Waals surface area (Å²) in [5, 5.41) is 1.39. The summed E-state index contributed by atoms with van der Waals surface area (Å²) in [6.45, 7) is 0. The molecular weight excluding hydrogens is 237 g/mol. The summed E-state index contributed by atoms with van der Waals surface area (Å²) < 4.78 is 32.5. The second kappa shape index (κ2) is 4.73. The smallest absolute Gasteiger partial charge is 0.744 e. The Hall–Kier alpha value is -0.590. The van der Waals surface area contributed by atoms with Gasteiger partial charge in [-0.3, -0.25) is 0 Å². The molecule has 0 bridgehead atoms. The zero-order valence-corrected chi connectivity index (χ0v) is 11.5. The van der Waals surface area contributed by atoms with Crippen LogP contribution in [0.25, 0.3) is 10.8 Å². The molecule has 4 nitrogen and oxygen atoms in total. The molecule has 0 amide bonds. The standard InChI is InChI=1S/C10H9NO3S.Na/c11-10-6-8(15(12,13)14)5-7-3-1-2-4-9(7)10;/h1-6H,11H2,(H,12,13,14);/q;+1/p-1. The molecular formula is C10H8NNaO3S. The van der Waals surface area contributed by atoms with E-state index in [4.69, 9.17) is 5.73 Å². The first-order chi connectivity index (χ1) is 6.98. The molecule has 0 saturated heterocycles. The summed E-state index contributed by atoms with van der Waals surface area (Å²) in [6, 6.07) is 9.54. The minimum absolute atomic E-state index is 0. The van der Waals surface area contributed by atoms with Gasteiger partial charge in [-0.25, -0.2) is 8.42 Å². The molecule has 78 valence electrons. The monoisotopic (exact) mass is 245 g/mol. The maximum absolute atomic E-state index is 10.8. The first kappa shape index (κ1) is 13.5. The fourth-order valence-corrected chi connectivity index (χ4v) is 2.00. The maximum Gasteiger partial charge on any atom is 1.00 e. The summed E-state index contributed by atoms with van der Waals surface area (Å²) >= 11 is 0. The number of nitrogens with two attached hydrogens (primary N) is 1. The van der Waals surface area contributed by atoms with E-state index in [1.807, 2.05) is 0 Å². The number of rotatable bonds is 1. The van der Waals surface area contributed by atoms with E-state index in [2.05, 4.69) is 0 Å². The Morgan fingerprint density at radius 1 is 1.12 bits per heavy atom. The van der Waals surface area contributed by atoms with Crippen molar-refractivity contribution in [1.82, 2.24) is 0 Å². The summed E-state index contributed by atoms with van der Waals surface area (Å²) in [4.78, 5) is -0.293. The Kier molecular flexibility index (Phi) is 3.98. The van der Waals surface area contributed by atoms with E-state index in [1.54, 1.807) is 24.3 Å². The SMILES string of the molecule is Nc1cc(S(=O)(=O)[O-])cc2ccccc12.[Na+]. The molecule has 2 aromatic carbocycles. The van der Waals surface area contributed by atoms with Crippen molar-refractivity contribution >= 4 is 26.6 Å². The van der Waals surface area contributed by atoms with Crippen molar-refractivity contribution in [2.24, 2.45) is 0 Å². The van der Waals surface area contributed by atoms with Crippen molar-refractivity contribution in [2.45, 2.75) is 4.90 Å². The van der Waals surface area contributed by atoms with Crippen LogP contribution in [0.2, 0.25) is 0 Å². The number of hydrogen-bond acceptors (Lipinski definition) is 4. The van der Waals surface area contributed by atoms with E-state index < -0.39 is 10.1 Å². The van der Waals surface area contributed by atoms with Crippen LogP contribution in [0.5, 0.6) is 0 Å². The summed E-state index contributed by atoms with van der Waals surface area (Å²) in [5.41, 5.74) is 5.94. The molecule has 0 unspecified atom stereocenters. The van der Waals surface area contributed by atoms with Gasteiger partial charge < -0.3 is 10.3 Å². The van der Waals surface area contributed by atoms with Gasteiger partial charge in [0.25, 0.3) is 0 Å². The topological polar surface area (TPSA) is 83.2 Å². The first-order valence-electron chi connectivity index (χ1n) is 4.22. The van der Waals surface area contributed by atoms with Crippen LogP contribution in [0.4, 0.5) is 5.69 Å². The molecule has 2 aromatic rings. The van der Waals surface area contributed by atoms with Gasteiger partial charge in [0.15, 0.2) is 0 Å².